The minimum atomic E-state index is -0.123. The van der Waals surface area contributed by atoms with Crippen LogP contribution in [0.3, 0.4) is 0 Å². The molecule has 2 amide bonds. The third-order valence-corrected chi connectivity index (χ3v) is 5.34. The molecule has 2 aromatic carbocycles. The monoisotopic (exact) mass is 396 g/mol. The number of para-hydroxylation sites is 2. The number of nitrogens with one attached hydrogen (secondary N) is 2. The van der Waals surface area contributed by atoms with Crippen LogP contribution in [0, 0.1) is 0 Å². The third-order valence-electron chi connectivity index (χ3n) is 5.34. The second-order valence-electron chi connectivity index (χ2n) is 7.28. The quantitative estimate of drug-likeness (QED) is 0.676. The Balaban J connectivity index is 1.47. The number of ether oxygens (including phenoxy) is 1. The summed E-state index contributed by atoms with van der Waals surface area (Å²) in [5, 5.41) is 2.95. The van der Waals surface area contributed by atoms with Crippen molar-refractivity contribution in [3.63, 3.8) is 0 Å². The Labute approximate surface area is 172 Å². The Hall–Kier alpha value is -2.86. The summed E-state index contributed by atoms with van der Waals surface area (Å²) in [6.07, 6.45) is 0.253. The van der Waals surface area contributed by atoms with E-state index in [9.17, 15) is 9.59 Å². The molecule has 154 valence electrons. The van der Waals surface area contributed by atoms with Crippen LogP contribution in [0.15, 0.2) is 48.5 Å². The van der Waals surface area contributed by atoms with Crippen LogP contribution in [0.25, 0.3) is 0 Å². The minimum Gasteiger partial charge on any atom is -0.482 e. The molecule has 2 N–H and O–H groups in total. The number of fused-ring (bicyclic) bond motifs is 1. The van der Waals surface area contributed by atoms with E-state index >= 15 is 0 Å². The average molecular weight is 397 g/mol. The van der Waals surface area contributed by atoms with E-state index in [0.717, 1.165) is 30.9 Å². The van der Waals surface area contributed by atoms with Gasteiger partial charge >= 0.3 is 0 Å². The summed E-state index contributed by atoms with van der Waals surface area (Å²) in [6.45, 7) is 8.50. The summed E-state index contributed by atoms with van der Waals surface area (Å²) in [7, 11) is 0. The van der Waals surface area contributed by atoms with Crippen molar-refractivity contribution in [1.82, 2.24) is 5.32 Å². The van der Waals surface area contributed by atoms with Crippen molar-refractivity contribution >= 4 is 17.5 Å². The molecule has 0 spiro atoms. The van der Waals surface area contributed by atoms with Gasteiger partial charge in [-0.05, 0) is 31.5 Å². The number of carbonyl (C=O) groups excluding carboxylic acids is 2. The highest BCUT2D eigenvalue weighted by atomic mass is 16.5. The summed E-state index contributed by atoms with van der Waals surface area (Å²) < 4.78 is 5.43. The van der Waals surface area contributed by atoms with Crippen LogP contribution in [-0.4, -0.2) is 38.1 Å². The molecule has 0 saturated carbocycles. The molecule has 1 aliphatic heterocycles. The molecule has 0 unspecified atom stereocenters. The lowest BCUT2D eigenvalue weighted by molar-refractivity contribution is -0.910. The molecule has 1 aliphatic rings. The first-order valence-corrected chi connectivity index (χ1v) is 10.3. The van der Waals surface area contributed by atoms with Crippen LogP contribution in [0.1, 0.15) is 31.4 Å². The van der Waals surface area contributed by atoms with Gasteiger partial charge in [0.2, 0.25) is 5.91 Å². The normalized spacial score (nSPS) is 13.2. The molecule has 0 radical (unpaired) electrons. The fourth-order valence-electron chi connectivity index (χ4n) is 3.47. The van der Waals surface area contributed by atoms with E-state index in [4.69, 9.17) is 4.74 Å². The van der Waals surface area contributed by atoms with Crippen LogP contribution >= 0.6 is 0 Å². The van der Waals surface area contributed by atoms with Gasteiger partial charge in [0.05, 0.1) is 18.8 Å². The van der Waals surface area contributed by atoms with Gasteiger partial charge in [-0.2, -0.15) is 0 Å². The maximum absolute atomic E-state index is 12.3. The van der Waals surface area contributed by atoms with Crippen molar-refractivity contribution in [3.8, 4) is 5.75 Å². The van der Waals surface area contributed by atoms with E-state index in [1.807, 2.05) is 24.3 Å². The summed E-state index contributed by atoms with van der Waals surface area (Å²) in [5.41, 5.74) is 3.11. The highest BCUT2D eigenvalue weighted by Crippen LogP contribution is 2.31. The van der Waals surface area contributed by atoms with Gasteiger partial charge in [-0.1, -0.05) is 36.4 Å². The predicted molar refractivity (Wildman–Crippen MR) is 113 cm³/mol. The highest BCUT2D eigenvalue weighted by molar-refractivity contribution is 5.98. The fourth-order valence-corrected chi connectivity index (χ4v) is 3.47. The van der Waals surface area contributed by atoms with Gasteiger partial charge < -0.3 is 19.9 Å². The van der Waals surface area contributed by atoms with Crippen LogP contribution in [0.5, 0.6) is 5.75 Å². The smallest absolute Gasteiger partial charge is 0.265 e. The minimum absolute atomic E-state index is 0.0141. The zero-order valence-electron chi connectivity index (χ0n) is 17.2. The maximum atomic E-state index is 12.3. The van der Waals surface area contributed by atoms with Crippen molar-refractivity contribution in [2.75, 3.05) is 31.1 Å². The molecule has 0 bridgehead atoms. The number of benzene rings is 2. The summed E-state index contributed by atoms with van der Waals surface area (Å²) in [5.74, 6) is 0.486. The van der Waals surface area contributed by atoms with Gasteiger partial charge in [-0.25, -0.2) is 0 Å². The molecular weight excluding hydrogens is 366 g/mol. The standard InChI is InChI=1S/C23H29N3O3/c1-3-25(4-2)16-19-11-9-18(10-12-19)15-24-22(27)13-14-26-20-7-5-6-8-21(20)29-17-23(26)28/h5-12H,3-4,13-17H2,1-2H3,(H,24,27)/p+1. The molecule has 0 aliphatic carbocycles. The van der Waals surface area contributed by atoms with E-state index in [-0.39, 0.29) is 24.8 Å². The Bertz CT molecular complexity index is 832. The van der Waals surface area contributed by atoms with Crippen molar-refractivity contribution in [2.45, 2.75) is 33.4 Å². The van der Waals surface area contributed by atoms with Crippen molar-refractivity contribution in [3.05, 3.63) is 59.7 Å². The zero-order chi connectivity index (χ0) is 20.6. The Morgan fingerprint density at radius 3 is 2.48 bits per heavy atom. The van der Waals surface area contributed by atoms with Gasteiger partial charge in [0.25, 0.3) is 5.91 Å². The second kappa shape index (κ2) is 10.1. The first-order chi connectivity index (χ1) is 14.1. The van der Waals surface area contributed by atoms with Crippen LogP contribution in [0.4, 0.5) is 5.69 Å². The number of quaternary nitrogens is 1. The topological polar surface area (TPSA) is 63.1 Å². The number of amides is 2. The van der Waals surface area contributed by atoms with Crippen LogP contribution in [-0.2, 0) is 22.7 Å². The number of nitrogens with zero attached hydrogens (tertiary/aromatic N) is 1. The fraction of sp³-hybridized carbons (Fsp3) is 0.391. The molecule has 2 aromatic rings. The van der Waals surface area contributed by atoms with Crippen molar-refractivity contribution in [1.29, 1.82) is 0 Å². The molecule has 0 aromatic heterocycles. The van der Waals surface area contributed by atoms with E-state index in [1.54, 1.807) is 9.80 Å². The summed E-state index contributed by atoms with van der Waals surface area (Å²) in [6, 6.07) is 15.8. The first-order valence-electron chi connectivity index (χ1n) is 10.3. The third kappa shape index (κ3) is 5.57. The first kappa shape index (κ1) is 20.9. The predicted octanol–water partition coefficient (Wildman–Crippen LogP) is 1.54. The van der Waals surface area contributed by atoms with Crippen LogP contribution < -0.4 is 19.9 Å². The lowest BCUT2D eigenvalue weighted by Gasteiger charge is -2.29. The molecule has 0 fully saturated rings. The van der Waals surface area contributed by atoms with Crippen molar-refractivity contribution < 1.29 is 19.2 Å². The Kier molecular flexibility index (Phi) is 7.25. The van der Waals surface area contributed by atoms with E-state index < -0.39 is 0 Å². The lowest BCUT2D eigenvalue weighted by atomic mass is 10.1. The molecule has 1 heterocycles. The Morgan fingerprint density at radius 1 is 1.07 bits per heavy atom. The number of rotatable bonds is 9. The van der Waals surface area contributed by atoms with E-state index in [2.05, 4.69) is 43.4 Å². The number of hydrogen-bond donors (Lipinski definition) is 2. The summed E-state index contributed by atoms with van der Waals surface area (Å²) in [4.78, 5) is 27.6. The van der Waals surface area contributed by atoms with E-state index in [1.165, 1.54) is 5.56 Å². The van der Waals surface area contributed by atoms with Crippen molar-refractivity contribution in [2.24, 2.45) is 0 Å². The Morgan fingerprint density at radius 2 is 1.76 bits per heavy atom. The number of hydrogen-bond acceptors (Lipinski definition) is 3. The zero-order valence-corrected chi connectivity index (χ0v) is 17.2. The van der Waals surface area contributed by atoms with Gasteiger partial charge in [0, 0.05) is 25.1 Å². The van der Waals surface area contributed by atoms with Gasteiger partial charge in [-0.15, -0.1) is 0 Å². The second-order valence-corrected chi connectivity index (χ2v) is 7.28. The molecule has 3 rings (SSSR count). The molecule has 29 heavy (non-hydrogen) atoms. The molecular formula is C23H30N3O3+. The maximum Gasteiger partial charge on any atom is 0.265 e. The lowest BCUT2D eigenvalue weighted by Crippen LogP contribution is -3.10. The molecule has 6 heteroatoms. The average Bonchev–Trinajstić information content (AvgIpc) is 2.76. The highest BCUT2D eigenvalue weighted by Gasteiger charge is 2.25. The molecule has 6 nitrogen and oxygen atoms in total. The SMILES string of the molecule is CC[NH+](CC)Cc1ccc(CNC(=O)CCN2C(=O)COc3ccccc32)cc1. The number of carbonyl (C=O) groups is 2. The van der Waals surface area contributed by atoms with Gasteiger partial charge in [-0.3, -0.25) is 9.59 Å². The number of anilines is 1. The molecule has 0 saturated heterocycles. The van der Waals surface area contributed by atoms with Gasteiger partial charge in [0.1, 0.15) is 12.3 Å². The van der Waals surface area contributed by atoms with Gasteiger partial charge in [0.15, 0.2) is 6.61 Å². The van der Waals surface area contributed by atoms with Crippen LogP contribution in [0.2, 0.25) is 0 Å². The van der Waals surface area contributed by atoms with E-state index in [0.29, 0.717) is 18.8 Å². The largest absolute Gasteiger partial charge is 0.482 e. The summed E-state index contributed by atoms with van der Waals surface area (Å²) >= 11 is 0. The molecule has 0 atom stereocenters.